The molecule has 0 heterocycles. The van der Waals surface area contributed by atoms with E-state index in [1.165, 1.54) is 0 Å². The van der Waals surface area contributed by atoms with E-state index in [1.807, 2.05) is 67.6 Å². The Morgan fingerprint density at radius 1 is 0.879 bits per heavy atom. The molecule has 0 spiro atoms. The Kier molecular flexibility index (Phi) is 9.08. The number of anilines is 1. The van der Waals surface area contributed by atoms with Gasteiger partial charge in [-0.15, -0.1) is 0 Å². The number of carbonyl (C=O) groups is 1. The number of hydrogen-bond donors (Lipinski definition) is 2. The monoisotopic (exact) mass is 464 g/mol. The van der Waals surface area contributed by atoms with Gasteiger partial charge in [-0.3, -0.25) is 10.1 Å². The predicted octanol–water partition coefficient (Wildman–Crippen LogP) is 5.45. The molecule has 0 saturated carbocycles. The maximum Gasteiger partial charge on any atom is 0.261 e. The van der Waals surface area contributed by atoms with Crippen molar-refractivity contribution in [3.05, 3.63) is 84.4 Å². The van der Waals surface area contributed by atoms with Crippen LogP contribution in [0.3, 0.4) is 0 Å². The predicted molar refractivity (Wildman–Crippen MR) is 134 cm³/mol. The largest absolute Gasteiger partial charge is 0.491 e. The van der Waals surface area contributed by atoms with Crippen LogP contribution in [0.1, 0.15) is 30.6 Å². The third-order valence-corrected chi connectivity index (χ3v) is 4.94. The third-order valence-electron chi connectivity index (χ3n) is 4.74. The quantitative estimate of drug-likeness (QED) is 0.307. The Labute approximate surface area is 199 Å². The number of amides is 1. The molecule has 3 aromatic carbocycles. The first-order chi connectivity index (χ1) is 16.0. The molecule has 0 aromatic heterocycles. The van der Waals surface area contributed by atoms with Crippen molar-refractivity contribution < 1.29 is 19.0 Å². The number of benzene rings is 3. The van der Waals surface area contributed by atoms with E-state index in [-0.39, 0.29) is 17.1 Å². The molecule has 7 heteroatoms. The van der Waals surface area contributed by atoms with Gasteiger partial charge in [0.05, 0.1) is 11.7 Å². The van der Waals surface area contributed by atoms with E-state index in [4.69, 9.17) is 26.4 Å². The summed E-state index contributed by atoms with van der Waals surface area (Å²) in [5.41, 5.74) is 1.14. The Balaban J connectivity index is 1.50. The third kappa shape index (κ3) is 7.80. The fourth-order valence-electron chi connectivity index (χ4n) is 2.87. The Morgan fingerprint density at radius 2 is 1.55 bits per heavy atom. The standard InChI is InChI=1S/C26H28N2O4S/c1-3-19(2)32-22-15-13-20(14-16-22)27-26(33)28-25(29)23-11-7-8-12-24(23)31-18-17-30-21-9-5-4-6-10-21/h4-16,19H,3,17-18H2,1-2H3,(H2,27,28,29,33). The fourth-order valence-corrected chi connectivity index (χ4v) is 3.08. The topological polar surface area (TPSA) is 68.8 Å². The number of rotatable bonds is 10. The second-order valence-corrected chi connectivity index (χ2v) is 7.68. The molecule has 0 saturated heterocycles. The number of hydrogen-bond acceptors (Lipinski definition) is 5. The molecule has 0 aliphatic carbocycles. The molecule has 3 rings (SSSR count). The van der Waals surface area contributed by atoms with Crippen molar-refractivity contribution in [3.8, 4) is 17.2 Å². The molecule has 6 nitrogen and oxygen atoms in total. The minimum Gasteiger partial charge on any atom is -0.491 e. The molecular weight excluding hydrogens is 436 g/mol. The number of thiocarbonyl (C=S) groups is 1. The molecule has 0 aliphatic heterocycles. The number of carbonyl (C=O) groups excluding carboxylic acids is 1. The number of ether oxygens (including phenoxy) is 3. The molecule has 2 N–H and O–H groups in total. The smallest absolute Gasteiger partial charge is 0.261 e. The van der Waals surface area contributed by atoms with Gasteiger partial charge >= 0.3 is 0 Å². The minimum absolute atomic E-state index is 0.149. The lowest BCUT2D eigenvalue weighted by molar-refractivity contribution is 0.0972. The van der Waals surface area contributed by atoms with Crippen LogP contribution in [0.2, 0.25) is 0 Å². The normalized spacial score (nSPS) is 11.2. The van der Waals surface area contributed by atoms with E-state index >= 15 is 0 Å². The van der Waals surface area contributed by atoms with E-state index < -0.39 is 0 Å². The Bertz CT molecular complexity index is 1040. The van der Waals surface area contributed by atoms with Crippen molar-refractivity contribution in [2.24, 2.45) is 0 Å². The lowest BCUT2D eigenvalue weighted by Gasteiger charge is -2.14. The van der Waals surface area contributed by atoms with Crippen LogP contribution in [-0.2, 0) is 0 Å². The summed E-state index contributed by atoms with van der Waals surface area (Å²) in [5.74, 6) is 1.65. The summed E-state index contributed by atoms with van der Waals surface area (Å²) in [6, 6.07) is 23.9. The van der Waals surface area contributed by atoms with E-state index in [9.17, 15) is 4.79 Å². The molecule has 172 valence electrons. The number of para-hydroxylation sites is 2. The average molecular weight is 465 g/mol. The van der Waals surface area contributed by atoms with Crippen LogP contribution in [0.15, 0.2) is 78.9 Å². The summed E-state index contributed by atoms with van der Waals surface area (Å²) in [4.78, 5) is 12.8. The average Bonchev–Trinajstić information content (AvgIpc) is 2.83. The lowest BCUT2D eigenvalue weighted by atomic mass is 10.2. The Hall–Kier alpha value is -3.58. The van der Waals surface area contributed by atoms with E-state index in [0.717, 1.165) is 23.6 Å². The zero-order valence-electron chi connectivity index (χ0n) is 18.7. The van der Waals surface area contributed by atoms with Crippen LogP contribution in [0.4, 0.5) is 5.69 Å². The summed E-state index contributed by atoms with van der Waals surface area (Å²) >= 11 is 5.30. The van der Waals surface area contributed by atoms with Crippen molar-refractivity contribution >= 4 is 28.9 Å². The fraction of sp³-hybridized carbons (Fsp3) is 0.231. The molecule has 0 bridgehead atoms. The van der Waals surface area contributed by atoms with Gasteiger partial charge in [-0.05, 0) is 74.1 Å². The summed E-state index contributed by atoms with van der Waals surface area (Å²) in [6.07, 6.45) is 1.08. The first-order valence-electron chi connectivity index (χ1n) is 10.8. The van der Waals surface area contributed by atoms with E-state index in [2.05, 4.69) is 17.6 Å². The van der Waals surface area contributed by atoms with Gasteiger partial charge in [-0.25, -0.2) is 0 Å². The summed E-state index contributed by atoms with van der Waals surface area (Å²) in [7, 11) is 0. The molecule has 1 amide bonds. The summed E-state index contributed by atoms with van der Waals surface area (Å²) in [5, 5.41) is 5.90. The lowest BCUT2D eigenvalue weighted by Crippen LogP contribution is -2.34. The molecule has 0 radical (unpaired) electrons. The van der Waals surface area contributed by atoms with Crippen molar-refractivity contribution in [3.63, 3.8) is 0 Å². The molecule has 3 aromatic rings. The highest BCUT2D eigenvalue weighted by molar-refractivity contribution is 7.80. The molecule has 1 atom stereocenters. The van der Waals surface area contributed by atoms with Crippen LogP contribution in [0, 0.1) is 0 Å². The molecule has 0 aliphatic rings. The van der Waals surface area contributed by atoms with Crippen LogP contribution < -0.4 is 24.8 Å². The van der Waals surface area contributed by atoms with Crippen LogP contribution in [-0.4, -0.2) is 30.3 Å². The van der Waals surface area contributed by atoms with Gasteiger partial charge in [0.1, 0.15) is 30.5 Å². The maximum absolute atomic E-state index is 12.8. The highest BCUT2D eigenvalue weighted by Crippen LogP contribution is 2.19. The Morgan fingerprint density at radius 3 is 2.27 bits per heavy atom. The second kappa shape index (κ2) is 12.5. The van der Waals surface area contributed by atoms with Gasteiger partial charge in [-0.1, -0.05) is 37.3 Å². The maximum atomic E-state index is 12.8. The van der Waals surface area contributed by atoms with Crippen molar-refractivity contribution in [2.45, 2.75) is 26.4 Å². The zero-order valence-corrected chi connectivity index (χ0v) is 19.6. The zero-order chi connectivity index (χ0) is 23.5. The number of nitrogens with one attached hydrogen (secondary N) is 2. The molecule has 1 unspecified atom stereocenters. The molecular formula is C26H28N2O4S. The van der Waals surface area contributed by atoms with Crippen LogP contribution in [0.5, 0.6) is 17.2 Å². The van der Waals surface area contributed by atoms with Crippen LogP contribution >= 0.6 is 12.2 Å². The van der Waals surface area contributed by atoms with Gasteiger partial charge in [0.2, 0.25) is 0 Å². The summed E-state index contributed by atoms with van der Waals surface area (Å²) in [6.45, 7) is 4.75. The van der Waals surface area contributed by atoms with Crippen molar-refractivity contribution in [1.29, 1.82) is 0 Å². The van der Waals surface area contributed by atoms with Crippen LogP contribution in [0.25, 0.3) is 0 Å². The SMILES string of the molecule is CCC(C)Oc1ccc(NC(=S)NC(=O)c2ccccc2OCCOc2ccccc2)cc1. The highest BCUT2D eigenvalue weighted by atomic mass is 32.1. The van der Waals surface area contributed by atoms with Crippen molar-refractivity contribution in [1.82, 2.24) is 5.32 Å². The van der Waals surface area contributed by atoms with Crippen molar-refractivity contribution in [2.75, 3.05) is 18.5 Å². The van der Waals surface area contributed by atoms with Gasteiger partial charge in [0.15, 0.2) is 5.11 Å². The van der Waals surface area contributed by atoms with Gasteiger partial charge < -0.3 is 19.5 Å². The summed E-state index contributed by atoms with van der Waals surface area (Å²) < 4.78 is 17.2. The molecule has 33 heavy (non-hydrogen) atoms. The second-order valence-electron chi connectivity index (χ2n) is 7.28. The van der Waals surface area contributed by atoms with Gasteiger partial charge in [0, 0.05) is 5.69 Å². The van der Waals surface area contributed by atoms with Gasteiger partial charge in [0.25, 0.3) is 5.91 Å². The van der Waals surface area contributed by atoms with E-state index in [0.29, 0.717) is 24.5 Å². The van der Waals surface area contributed by atoms with Gasteiger partial charge in [-0.2, -0.15) is 0 Å². The first kappa shape index (κ1) is 24.1. The first-order valence-corrected chi connectivity index (χ1v) is 11.2. The molecule has 0 fully saturated rings. The minimum atomic E-state index is -0.358. The van der Waals surface area contributed by atoms with E-state index in [1.54, 1.807) is 18.2 Å². The highest BCUT2D eigenvalue weighted by Gasteiger charge is 2.14.